The molecule has 8 nitrogen and oxygen atoms in total. The topological polar surface area (TPSA) is 108 Å². The molecule has 0 fully saturated rings. The van der Waals surface area contributed by atoms with Gasteiger partial charge in [0.1, 0.15) is 5.75 Å². The van der Waals surface area contributed by atoms with Crippen LogP contribution in [0.25, 0.3) is 0 Å². The zero-order valence-electron chi connectivity index (χ0n) is 14.6. The molecule has 1 amide bonds. The van der Waals surface area contributed by atoms with E-state index in [1.807, 2.05) is 18.6 Å². The van der Waals surface area contributed by atoms with Gasteiger partial charge in [-0.1, -0.05) is 6.07 Å². The SMILES string of the molecule is CNC(=S)N(C(=O)CCc1ccc(OC)c(NS(=O)(=O)O)c1)C(C)C. The third kappa shape index (κ3) is 6.48. The van der Waals surface area contributed by atoms with E-state index in [-0.39, 0.29) is 29.8 Å². The van der Waals surface area contributed by atoms with Crippen LogP contribution in [0.1, 0.15) is 25.8 Å². The number of nitrogens with zero attached hydrogens (tertiary/aromatic N) is 1. The number of hydrogen-bond donors (Lipinski definition) is 3. The molecule has 0 heterocycles. The molecule has 140 valence electrons. The molecular formula is C15H23N3O5S2. The maximum Gasteiger partial charge on any atom is 0.357 e. The molecule has 1 rings (SSSR count). The molecule has 0 aliphatic heterocycles. The van der Waals surface area contributed by atoms with Crippen molar-refractivity contribution in [3.05, 3.63) is 23.8 Å². The van der Waals surface area contributed by atoms with E-state index in [0.29, 0.717) is 17.1 Å². The van der Waals surface area contributed by atoms with Crippen LogP contribution in [0.2, 0.25) is 0 Å². The summed E-state index contributed by atoms with van der Waals surface area (Å²) in [6, 6.07) is 4.71. The average Bonchev–Trinajstić information content (AvgIpc) is 2.51. The van der Waals surface area contributed by atoms with Crippen molar-refractivity contribution in [1.82, 2.24) is 10.2 Å². The van der Waals surface area contributed by atoms with Crippen LogP contribution in [0.4, 0.5) is 5.69 Å². The number of thiocarbonyl (C=S) groups is 1. The van der Waals surface area contributed by atoms with Crippen molar-refractivity contribution in [2.75, 3.05) is 18.9 Å². The lowest BCUT2D eigenvalue weighted by Crippen LogP contribution is -2.46. The van der Waals surface area contributed by atoms with Gasteiger partial charge in [-0.15, -0.1) is 0 Å². The fourth-order valence-corrected chi connectivity index (χ4v) is 3.01. The van der Waals surface area contributed by atoms with E-state index in [9.17, 15) is 13.2 Å². The van der Waals surface area contributed by atoms with Gasteiger partial charge in [0.15, 0.2) is 5.11 Å². The van der Waals surface area contributed by atoms with Gasteiger partial charge in [-0.25, -0.2) is 0 Å². The molecular weight excluding hydrogens is 366 g/mol. The summed E-state index contributed by atoms with van der Waals surface area (Å²) in [6.45, 7) is 3.73. The zero-order valence-corrected chi connectivity index (χ0v) is 16.2. The van der Waals surface area contributed by atoms with Crippen LogP contribution in [0.15, 0.2) is 18.2 Å². The Bertz CT molecular complexity index is 735. The number of amides is 1. The monoisotopic (exact) mass is 389 g/mol. The van der Waals surface area contributed by atoms with Crippen molar-refractivity contribution >= 4 is 39.2 Å². The van der Waals surface area contributed by atoms with Crippen LogP contribution in [0.5, 0.6) is 5.75 Å². The normalized spacial score (nSPS) is 11.1. The van der Waals surface area contributed by atoms with Gasteiger partial charge in [0.2, 0.25) is 5.91 Å². The first-order valence-corrected chi connectivity index (χ1v) is 9.39. The Morgan fingerprint density at radius 3 is 2.52 bits per heavy atom. The van der Waals surface area contributed by atoms with Crippen molar-refractivity contribution in [3.63, 3.8) is 0 Å². The molecule has 0 aliphatic carbocycles. The Morgan fingerprint density at radius 1 is 1.40 bits per heavy atom. The standard InChI is InChI=1S/C15H23N3O5S2/c1-10(2)18(15(24)16-3)14(19)8-6-11-5-7-13(23-4)12(9-11)17-25(20,21)22/h5,7,9-10,17H,6,8H2,1-4H3,(H,16,24)(H,20,21,22). The van der Waals surface area contributed by atoms with E-state index >= 15 is 0 Å². The average molecular weight is 389 g/mol. The molecule has 25 heavy (non-hydrogen) atoms. The van der Waals surface area contributed by atoms with Crippen LogP contribution >= 0.6 is 12.2 Å². The van der Waals surface area contributed by atoms with Gasteiger partial charge in [0.05, 0.1) is 12.8 Å². The minimum Gasteiger partial charge on any atom is -0.495 e. The highest BCUT2D eigenvalue weighted by Crippen LogP contribution is 2.27. The first-order chi connectivity index (χ1) is 11.6. The molecule has 0 spiro atoms. The number of carbonyl (C=O) groups is 1. The maximum atomic E-state index is 12.4. The van der Waals surface area contributed by atoms with E-state index in [0.717, 1.165) is 0 Å². The maximum absolute atomic E-state index is 12.4. The third-order valence-electron chi connectivity index (χ3n) is 3.35. The summed E-state index contributed by atoms with van der Waals surface area (Å²) >= 11 is 5.15. The third-order valence-corrected chi connectivity index (χ3v) is 4.23. The Balaban J connectivity index is 2.91. The van der Waals surface area contributed by atoms with Crippen LogP contribution in [-0.4, -0.2) is 49.1 Å². The fraction of sp³-hybridized carbons (Fsp3) is 0.467. The van der Waals surface area contributed by atoms with Gasteiger partial charge < -0.3 is 10.1 Å². The van der Waals surface area contributed by atoms with E-state index in [4.69, 9.17) is 21.5 Å². The van der Waals surface area contributed by atoms with Crippen molar-refractivity contribution in [1.29, 1.82) is 0 Å². The highest BCUT2D eigenvalue weighted by atomic mass is 32.2. The lowest BCUT2D eigenvalue weighted by molar-refractivity contribution is -0.128. The molecule has 0 radical (unpaired) electrons. The summed E-state index contributed by atoms with van der Waals surface area (Å²) in [6.07, 6.45) is 0.566. The molecule has 0 saturated heterocycles. The number of nitrogens with one attached hydrogen (secondary N) is 2. The second-order valence-electron chi connectivity index (χ2n) is 5.52. The van der Waals surface area contributed by atoms with Crippen LogP contribution < -0.4 is 14.8 Å². The Labute approximate surface area is 153 Å². The Hall–Kier alpha value is -1.91. The lowest BCUT2D eigenvalue weighted by atomic mass is 10.1. The lowest BCUT2D eigenvalue weighted by Gasteiger charge is -2.26. The number of hydrogen-bond acceptors (Lipinski definition) is 5. The van der Waals surface area contributed by atoms with Crippen LogP contribution in [-0.2, 0) is 21.5 Å². The molecule has 3 N–H and O–H groups in total. The van der Waals surface area contributed by atoms with E-state index in [2.05, 4.69) is 5.32 Å². The second kappa shape index (κ2) is 8.97. The van der Waals surface area contributed by atoms with Gasteiger partial charge in [0.25, 0.3) is 0 Å². The van der Waals surface area contributed by atoms with E-state index < -0.39 is 10.3 Å². The van der Waals surface area contributed by atoms with Gasteiger partial charge in [-0.3, -0.25) is 19.0 Å². The number of anilines is 1. The summed E-state index contributed by atoms with van der Waals surface area (Å²) in [5.41, 5.74) is 0.806. The molecule has 0 unspecified atom stereocenters. The number of benzene rings is 1. The quantitative estimate of drug-likeness (QED) is 0.480. The van der Waals surface area contributed by atoms with Crippen molar-refractivity contribution in [2.45, 2.75) is 32.7 Å². The molecule has 10 heteroatoms. The number of aryl methyl sites for hydroxylation is 1. The smallest absolute Gasteiger partial charge is 0.357 e. The van der Waals surface area contributed by atoms with Gasteiger partial charge in [-0.05, 0) is 50.2 Å². The number of methoxy groups -OCH3 is 1. The minimum absolute atomic E-state index is 0.0833. The molecule has 0 aliphatic rings. The number of carbonyl (C=O) groups excluding carboxylic acids is 1. The number of rotatable bonds is 7. The van der Waals surface area contributed by atoms with Gasteiger partial charge >= 0.3 is 10.3 Å². The summed E-state index contributed by atoms with van der Waals surface area (Å²) in [5, 5.41) is 3.14. The predicted molar refractivity (Wildman–Crippen MR) is 100 cm³/mol. The first-order valence-electron chi connectivity index (χ1n) is 7.55. The zero-order chi connectivity index (χ0) is 19.2. The van der Waals surface area contributed by atoms with E-state index in [1.54, 1.807) is 19.2 Å². The van der Waals surface area contributed by atoms with Gasteiger partial charge in [0, 0.05) is 19.5 Å². The summed E-state index contributed by atoms with van der Waals surface area (Å²) in [4.78, 5) is 13.9. The number of ether oxygens (including phenoxy) is 1. The van der Waals surface area contributed by atoms with E-state index in [1.165, 1.54) is 18.1 Å². The second-order valence-corrected chi connectivity index (χ2v) is 7.07. The summed E-state index contributed by atoms with van der Waals surface area (Å²) < 4.78 is 38.0. The van der Waals surface area contributed by atoms with Crippen molar-refractivity contribution < 1.29 is 22.5 Å². The highest BCUT2D eigenvalue weighted by Gasteiger charge is 2.20. The van der Waals surface area contributed by atoms with Crippen LogP contribution in [0, 0.1) is 0 Å². The van der Waals surface area contributed by atoms with Crippen molar-refractivity contribution in [3.8, 4) is 5.75 Å². The largest absolute Gasteiger partial charge is 0.495 e. The summed E-state index contributed by atoms with van der Waals surface area (Å²) in [7, 11) is -1.39. The molecule has 0 bridgehead atoms. The molecule has 1 aromatic carbocycles. The molecule has 0 saturated carbocycles. The summed E-state index contributed by atoms with van der Waals surface area (Å²) in [5.74, 6) is 0.113. The molecule has 0 aromatic heterocycles. The Morgan fingerprint density at radius 2 is 2.04 bits per heavy atom. The molecule has 1 aromatic rings. The first kappa shape index (κ1) is 21.1. The van der Waals surface area contributed by atoms with Gasteiger partial charge in [-0.2, -0.15) is 8.42 Å². The van der Waals surface area contributed by atoms with Crippen molar-refractivity contribution in [2.24, 2.45) is 0 Å². The van der Waals surface area contributed by atoms with Crippen LogP contribution in [0.3, 0.4) is 0 Å². The fourth-order valence-electron chi connectivity index (χ4n) is 2.26. The predicted octanol–water partition coefficient (Wildman–Crippen LogP) is 1.58. The minimum atomic E-state index is -4.43. The molecule has 0 atom stereocenters. The Kier molecular flexibility index (Phi) is 7.59. The highest BCUT2D eigenvalue weighted by molar-refractivity contribution is 7.87.